The van der Waals surface area contributed by atoms with Crippen LogP contribution in [0.3, 0.4) is 0 Å². The summed E-state index contributed by atoms with van der Waals surface area (Å²) in [6.45, 7) is 4.15. The molecule has 0 saturated carbocycles. The van der Waals surface area contributed by atoms with Crippen molar-refractivity contribution in [1.82, 2.24) is 0 Å². The van der Waals surface area contributed by atoms with Crippen LogP contribution in [0.1, 0.15) is 12.8 Å². The second kappa shape index (κ2) is 6.48. The third kappa shape index (κ3) is 3.09. The highest BCUT2D eigenvalue weighted by atomic mass is 79.9. The molecule has 22 heavy (non-hydrogen) atoms. The van der Waals surface area contributed by atoms with Crippen LogP contribution in [0.5, 0.6) is 0 Å². The van der Waals surface area contributed by atoms with E-state index in [1.54, 1.807) is 0 Å². The van der Waals surface area contributed by atoms with Crippen molar-refractivity contribution < 1.29 is 19.4 Å². The summed E-state index contributed by atoms with van der Waals surface area (Å²) in [6, 6.07) is 7.15. The molecule has 3 atom stereocenters. The van der Waals surface area contributed by atoms with Gasteiger partial charge in [-0.05, 0) is 24.3 Å². The lowest BCUT2D eigenvalue weighted by molar-refractivity contribution is -0.939. The number of nitrogens with one attached hydrogen (secondary N) is 2. The molecule has 2 amide bonds. The number of rotatable bonds is 2. The largest absolute Gasteiger partial charge is 0.333 e. The monoisotopic (exact) mass is 367 g/mol. The topological polar surface area (TPSA) is 46.3 Å². The zero-order valence-corrected chi connectivity index (χ0v) is 14.4. The lowest BCUT2D eigenvalue weighted by Crippen LogP contribution is -3.19. The number of hydrogen-bond donors (Lipinski definition) is 2. The van der Waals surface area contributed by atoms with E-state index in [4.69, 9.17) is 0 Å². The maximum absolute atomic E-state index is 12.8. The number of carbonyl (C=O) groups excluding carboxylic acids is 2. The van der Waals surface area contributed by atoms with Crippen LogP contribution in [-0.2, 0) is 9.59 Å². The Balaban J connectivity index is 1.77. The van der Waals surface area contributed by atoms with Crippen LogP contribution in [0.4, 0.5) is 5.69 Å². The summed E-state index contributed by atoms with van der Waals surface area (Å²) in [7, 11) is 2.19. The van der Waals surface area contributed by atoms with Crippen LogP contribution >= 0.6 is 15.9 Å². The molecule has 0 aromatic heterocycles. The third-order valence-corrected chi connectivity index (χ3v) is 5.23. The van der Waals surface area contributed by atoms with Gasteiger partial charge in [-0.2, -0.15) is 0 Å². The van der Waals surface area contributed by atoms with E-state index in [9.17, 15) is 9.59 Å². The summed E-state index contributed by atoms with van der Waals surface area (Å²) >= 11 is 3.38. The first kappa shape index (κ1) is 15.6. The summed E-state index contributed by atoms with van der Waals surface area (Å²) < 4.78 is 0.941. The summed E-state index contributed by atoms with van der Waals surface area (Å²) in [5.74, 6) is -0.114. The number of anilines is 1. The number of hydrogen-bond acceptors (Lipinski definition) is 2. The van der Waals surface area contributed by atoms with Gasteiger partial charge < -0.3 is 9.80 Å². The molecule has 2 unspecified atom stereocenters. The van der Waals surface area contributed by atoms with Crippen LogP contribution in [0.15, 0.2) is 28.7 Å². The van der Waals surface area contributed by atoms with Crippen molar-refractivity contribution in [3.05, 3.63) is 28.7 Å². The van der Waals surface area contributed by atoms with Crippen LogP contribution in [0.2, 0.25) is 0 Å². The molecule has 0 radical (unpaired) electrons. The molecule has 0 spiro atoms. The Bertz CT molecular complexity index is 575. The fourth-order valence-electron chi connectivity index (χ4n) is 3.40. The van der Waals surface area contributed by atoms with Crippen molar-refractivity contribution in [2.75, 3.05) is 38.1 Å². The molecule has 118 valence electrons. The fourth-order valence-corrected chi connectivity index (χ4v) is 3.67. The Kier molecular flexibility index (Phi) is 4.61. The van der Waals surface area contributed by atoms with Crippen molar-refractivity contribution in [1.29, 1.82) is 0 Å². The van der Waals surface area contributed by atoms with E-state index < -0.39 is 0 Å². The Hall–Kier alpha value is -1.24. The molecule has 2 fully saturated rings. The standard InChI is InChI=1S/C16H20BrN3O2/c1-18-7-2-8-19(10-9-18)14-11-15(21)20(16(14)22)13-5-3-12(17)4-6-13/h3-6,14H,2,7-11H2,1H3/p+2/t14-/m1/s1. The fraction of sp³-hybridized carbons (Fsp3) is 0.500. The first-order valence-corrected chi connectivity index (χ1v) is 8.64. The van der Waals surface area contributed by atoms with Gasteiger partial charge in [0, 0.05) is 10.9 Å². The Morgan fingerprint density at radius 1 is 1.09 bits per heavy atom. The van der Waals surface area contributed by atoms with Gasteiger partial charge in [0.25, 0.3) is 5.91 Å². The quantitative estimate of drug-likeness (QED) is 0.650. The summed E-state index contributed by atoms with van der Waals surface area (Å²) in [4.78, 5) is 29.3. The van der Waals surface area contributed by atoms with Gasteiger partial charge >= 0.3 is 0 Å². The molecule has 0 bridgehead atoms. The average Bonchev–Trinajstić information content (AvgIpc) is 2.66. The zero-order chi connectivity index (χ0) is 15.7. The number of quaternary nitrogens is 2. The molecule has 2 N–H and O–H groups in total. The summed E-state index contributed by atoms with van der Waals surface area (Å²) in [6.07, 6.45) is 1.45. The highest BCUT2D eigenvalue weighted by Gasteiger charge is 2.46. The van der Waals surface area contributed by atoms with E-state index in [0.717, 1.165) is 37.1 Å². The third-order valence-electron chi connectivity index (χ3n) is 4.70. The van der Waals surface area contributed by atoms with E-state index in [2.05, 4.69) is 23.0 Å². The first-order chi connectivity index (χ1) is 10.6. The number of benzene rings is 1. The van der Waals surface area contributed by atoms with Gasteiger partial charge in [0.2, 0.25) is 5.91 Å². The molecule has 2 heterocycles. The molecule has 5 nitrogen and oxygen atoms in total. The van der Waals surface area contributed by atoms with Gasteiger partial charge in [0.05, 0.1) is 32.2 Å². The number of nitrogens with zero attached hydrogens (tertiary/aromatic N) is 1. The number of imide groups is 1. The van der Waals surface area contributed by atoms with Crippen molar-refractivity contribution in [2.24, 2.45) is 0 Å². The van der Waals surface area contributed by atoms with Crippen LogP contribution in [-0.4, -0.2) is 51.1 Å². The average molecular weight is 368 g/mol. The van der Waals surface area contributed by atoms with Crippen molar-refractivity contribution >= 4 is 33.4 Å². The van der Waals surface area contributed by atoms with Crippen LogP contribution < -0.4 is 14.7 Å². The highest BCUT2D eigenvalue weighted by molar-refractivity contribution is 9.10. The normalized spacial score (nSPS) is 29.7. The van der Waals surface area contributed by atoms with Gasteiger partial charge in [-0.25, -0.2) is 4.90 Å². The maximum atomic E-state index is 12.8. The molecular formula is C16H22BrN3O2+2. The minimum Gasteiger partial charge on any atom is -0.333 e. The maximum Gasteiger partial charge on any atom is 0.292 e. The Morgan fingerprint density at radius 3 is 2.55 bits per heavy atom. The van der Waals surface area contributed by atoms with E-state index in [1.165, 1.54) is 14.7 Å². The van der Waals surface area contributed by atoms with E-state index in [-0.39, 0.29) is 17.9 Å². The molecule has 6 heteroatoms. The second-order valence-corrected chi connectivity index (χ2v) is 7.19. The number of halogens is 1. The first-order valence-electron chi connectivity index (χ1n) is 7.84. The zero-order valence-electron chi connectivity index (χ0n) is 12.8. The lowest BCUT2D eigenvalue weighted by atomic mass is 10.2. The van der Waals surface area contributed by atoms with Crippen LogP contribution in [0, 0.1) is 0 Å². The molecule has 3 rings (SSSR count). The van der Waals surface area contributed by atoms with Gasteiger partial charge in [0.15, 0.2) is 6.04 Å². The lowest BCUT2D eigenvalue weighted by Gasteiger charge is -2.22. The minimum absolute atomic E-state index is 0.0399. The van der Waals surface area contributed by atoms with E-state index in [1.807, 2.05) is 24.3 Å². The number of likely N-dealkylation sites (N-methyl/N-ethyl adjacent to an activating group) is 1. The Labute approximate surface area is 139 Å². The summed E-state index contributed by atoms with van der Waals surface area (Å²) in [5.41, 5.74) is 0.678. The van der Waals surface area contributed by atoms with E-state index in [0.29, 0.717) is 12.1 Å². The molecule has 2 aliphatic heterocycles. The molecular weight excluding hydrogens is 346 g/mol. The smallest absolute Gasteiger partial charge is 0.292 e. The minimum atomic E-state index is -0.206. The van der Waals surface area contributed by atoms with Crippen molar-refractivity contribution in [2.45, 2.75) is 18.9 Å². The molecule has 2 saturated heterocycles. The van der Waals surface area contributed by atoms with Gasteiger partial charge in [-0.3, -0.25) is 9.59 Å². The highest BCUT2D eigenvalue weighted by Crippen LogP contribution is 2.23. The molecule has 1 aromatic rings. The number of carbonyl (C=O) groups is 2. The number of amides is 2. The molecule has 2 aliphatic rings. The predicted molar refractivity (Wildman–Crippen MR) is 87.0 cm³/mol. The predicted octanol–water partition coefficient (Wildman–Crippen LogP) is -1.12. The van der Waals surface area contributed by atoms with Crippen molar-refractivity contribution in [3.63, 3.8) is 0 Å². The molecule has 0 aliphatic carbocycles. The van der Waals surface area contributed by atoms with Gasteiger partial charge in [-0.1, -0.05) is 15.9 Å². The van der Waals surface area contributed by atoms with E-state index >= 15 is 0 Å². The second-order valence-electron chi connectivity index (χ2n) is 6.27. The van der Waals surface area contributed by atoms with Gasteiger partial charge in [0.1, 0.15) is 13.1 Å². The SMILES string of the molecule is C[NH+]1CCC[NH+]([C@@H]2CC(=O)N(c3ccc(Br)cc3)C2=O)CC1. The Morgan fingerprint density at radius 2 is 1.82 bits per heavy atom. The summed E-state index contributed by atoms with van der Waals surface area (Å²) in [5, 5.41) is 0. The van der Waals surface area contributed by atoms with Crippen LogP contribution in [0.25, 0.3) is 0 Å². The molecule has 1 aromatic carbocycles. The van der Waals surface area contributed by atoms with Gasteiger partial charge in [-0.15, -0.1) is 0 Å². The van der Waals surface area contributed by atoms with Crippen molar-refractivity contribution in [3.8, 4) is 0 Å².